The molecule has 1 unspecified atom stereocenters. The van der Waals surface area contributed by atoms with Gasteiger partial charge in [0.1, 0.15) is 0 Å². The summed E-state index contributed by atoms with van der Waals surface area (Å²) in [5, 5.41) is 8.72. The standard InChI is InChI=1S/C7H16OS.Cl2OS/c1-2-3-4-5-6-7(8)9;1-4(2)3/h7-9H,2-6H2,1H3;. The van der Waals surface area contributed by atoms with Crippen LogP contribution in [0.5, 0.6) is 0 Å². The smallest absolute Gasteiger partial charge is 0.198 e. The fourth-order valence-corrected chi connectivity index (χ4v) is 0.936. The van der Waals surface area contributed by atoms with Gasteiger partial charge >= 0.3 is 0 Å². The maximum Gasteiger partial charge on any atom is 0.198 e. The Morgan fingerprint density at radius 3 is 2.15 bits per heavy atom. The molecule has 0 aliphatic heterocycles. The van der Waals surface area contributed by atoms with Crippen LogP contribution in [0.3, 0.4) is 0 Å². The van der Waals surface area contributed by atoms with Crippen molar-refractivity contribution in [3.63, 3.8) is 0 Å². The number of unbranched alkanes of at least 4 members (excludes halogenated alkanes) is 3. The first-order chi connectivity index (χ1) is 6.00. The molecule has 6 heteroatoms. The van der Waals surface area contributed by atoms with Crippen molar-refractivity contribution in [3.05, 3.63) is 0 Å². The summed E-state index contributed by atoms with van der Waals surface area (Å²) in [7, 11) is 7.36. The molecule has 0 bridgehead atoms. The Kier molecular flexibility index (Phi) is 16.9. The molecule has 0 radical (unpaired) electrons. The predicted octanol–water partition coefficient (Wildman–Crippen LogP) is 3.25. The molecule has 1 atom stereocenters. The summed E-state index contributed by atoms with van der Waals surface area (Å²) in [6.07, 6.45) is 5.71. The maximum atomic E-state index is 9.09. The molecule has 0 aromatic heterocycles. The molecule has 0 aliphatic carbocycles. The summed E-state index contributed by atoms with van der Waals surface area (Å²) < 4.78 is 9.09. The lowest BCUT2D eigenvalue weighted by Crippen LogP contribution is -1.94. The normalized spacial score (nSPS) is 12.2. The fourth-order valence-electron chi connectivity index (χ4n) is 0.754. The molecule has 13 heavy (non-hydrogen) atoms. The first-order valence-corrected chi connectivity index (χ1v) is 7.43. The molecule has 0 heterocycles. The summed E-state index contributed by atoms with van der Waals surface area (Å²) in [4.78, 5) is 0. The molecule has 1 N–H and O–H groups in total. The van der Waals surface area contributed by atoms with Gasteiger partial charge in [-0.25, -0.2) is 0 Å². The lowest BCUT2D eigenvalue weighted by atomic mass is 10.2. The summed E-state index contributed by atoms with van der Waals surface area (Å²) in [5.74, 6) is 0. The lowest BCUT2D eigenvalue weighted by Gasteiger charge is -2.00. The Bertz CT molecular complexity index is 91.8. The van der Waals surface area contributed by atoms with Gasteiger partial charge in [-0.3, -0.25) is 0 Å². The van der Waals surface area contributed by atoms with Gasteiger partial charge in [0, 0.05) is 0 Å². The van der Waals surface area contributed by atoms with Crippen molar-refractivity contribution in [2.24, 2.45) is 0 Å². The minimum Gasteiger partial charge on any atom is -0.582 e. The van der Waals surface area contributed by atoms with Gasteiger partial charge in [-0.05, 0) is 6.42 Å². The van der Waals surface area contributed by atoms with Crippen molar-refractivity contribution in [2.45, 2.75) is 44.5 Å². The summed E-state index contributed by atoms with van der Waals surface area (Å²) in [5.41, 5.74) is -0.401. The predicted molar refractivity (Wildman–Crippen MR) is 63.6 cm³/mol. The minimum absolute atomic E-state index is 0.401. The lowest BCUT2D eigenvalue weighted by molar-refractivity contribution is 0.250. The Labute approximate surface area is 97.6 Å². The van der Waals surface area contributed by atoms with Gasteiger partial charge in [-0.2, -0.15) is 0 Å². The maximum absolute atomic E-state index is 9.09. The molecule has 2 nitrogen and oxygen atoms in total. The van der Waals surface area contributed by atoms with Crippen molar-refractivity contribution in [1.29, 1.82) is 0 Å². The zero-order valence-electron chi connectivity index (χ0n) is 7.58. The van der Waals surface area contributed by atoms with Crippen LogP contribution in [0.25, 0.3) is 0 Å². The molecular formula is C7H16Cl2O2S2. The third-order valence-electron chi connectivity index (χ3n) is 1.32. The van der Waals surface area contributed by atoms with E-state index < -0.39 is 15.0 Å². The van der Waals surface area contributed by atoms with Gasteiger partial charge in [0.2, 0.25) is 0 Å². The third-order valence-corrected chi connectivity index (χ3v) is 1.57. The zero-order chi connectivity index (χ0) is 10.7. The van der Waals surface area contributed by atoms with Crippen LogP contribution in [0, 0.1) is 0 Å². The van der Waals surface area contributed by atoms with E-state index in [0.717, 1.165) is 12.8 Å². The van der Waals surface area contributed by atoms with Gasteiger partial charge in [0.25, 0.3) is 0 Å². The fraction of sp³-hybridized carbons (Fsp3) is 1.00. The van der Waals surface area contributed by atoms with E-state index in [1.165, 1.54) is 19.3 Å². The number of hydrogen-bond donors (Lipinski definition) is 2. The van der Waals surface area contributed by atoms with Crippen LogP contribution in [0.2, 0.25) is 0 Å². The number of rotatable bonds is 5. The SMILES string of the molecule is CCCCCCC(O)S.[O-][S+](Cl)Cl. The van der Waals surface area contributed by atoms with Crippen molar-refractivity contribution in [2.75, 3.05) is 0 Å². The first kappa shape index (κ1) is 16.6. The molecule has 0 aliphatic rings. The van der Waals surface area contributed by atoms with Gasteiger partial charge in [0.15, 0.2) is 31.0 Å². The van der Waals surface area contributed by atoms with Crippen LogP contribution in [-0.4, -0.2) is 15.1 Å². The van der Waals surface area contributed by atoms with Crippen molar-refractivity contribution in [3.8, 4) is 0 Å². The topological polar surface area (TPSA) is 43.3 Å². The summed E-state index contributed by atoms with van der Waals surface area (Å²) in [6.45, 7) is 2.18. The molecule has 0 saturated heterocycles. The quantitative estimate of drug-likeness (QED) is 0.347. The number of halogens is 2. The van der Waals surface area contributed by atoms with Crippen molar-refractivity contribution in [1.82, 2.24) is 0 Å². The molecule has 0 spiro atoms. The van der Waals surface area contributed by atoms with E-state index in [1.807, 2.05) is 0 Å². The highest BCUT2D eigenvalue weighted by molar-refractivity contribution is 8.31. The monoisotopic (exact) mass is 266 g/mol. The molecule has 0 aromatic rings. The highest BCUT2D eigenvalue weighted by Gasteiger charge is 1.94. The third kappa shape index (κ3) is 31.9. The number of aliphatic hydroxyl groups is 1. The Balaban J connectivity index is 0. The highest BCUT2D eigenvalue weighted by atomic mass is 36.0. The van der Waals surface area contributed by atoms with E-state index in [9.17, 15) is 0 Å². The van der Waals surface area contributed by atoms with Gasteiger partial charge < -0.3 is 9.66 Å². The Morgan fingerprint density at radius 1 is 1.38 bits per heavy atom. The number of thiol groups is 1. The molecular weight excluding hydrogens is 251 g/mol. The zero-order valence-corrected chi connectivity index (χ0v) is 10.8. The van der Waals surface area contributed by atoms with Gasteiger partial charge in [-0.15, -0.1) is 12.6 Å². The summed E-state index contributed by atoms with van der Waals surface area (Å²) in [6, 6.07) is 0. The Morgan fingerprint density at radius 2 is 1.85 bits per heavy atom. The molecule has 0 rings (SSSR count). The van der Waals surface area contributed by atoms with E-state index in [2.05, 4.69) is 40.9 Å². The van der Waals surface area contributed by atoms with E-state index in [-0.39, 0.29) is 0 Å². The second-order valence-electron chi connectivity index (χ2n) is 2.51. The average molecular weight is 267 g/mol. The Hall–Kier alpha value is 1.20. The van der Waals surface area contributed by atoms with E-state index in [0.29, 0.717) is 0 Å². The highest BCUT2D eigenvalue weighted by Crippen LogP contribution is 2.06. The van der Waals surface area contributed by atoms with Gasteiger partial charge in [0.05, 0.1) is 5.44 Å². The first-order valence-electron chi connectivity index (χ1n) is 4.11. The minimum atomic E-state index is -1.67. The van der Waals surface area contributed by atoms with E-state index in [1.54, 1.807) is 0 Å². The van der Waals surface area contributed by atoms with Crippen molar-refractivity contribution < 1.29 is 9.66 Å². The second-order valence-corrected chi connectivity index (χ2v) is 5.63. The average Bonchev–Trinajstić information content (AvgIpc) is 1.97. The van der Waals surface area contributed by atoms with Crippen molar-refractivity contribution >= 4 is 43.6 Å². The molecule has 0 amide bonds. The molecule has 0 saturated carbocycles. The van der Waals surface area contributed by atoms with Crippen LogP contribution in [-0.2, 0) is 9.60 Å². The van der Waals surface area contributed by atoms with Crippen LogP contribution in [0.15, 0.2) is 0 Å². The second kappa shape index (κ2) is 13.2. The molecule has 82 valence electrons. The molecule has 0 aromatic carbocycles. The van der Waals surface area contributed by atoms with Crippen LogP contribution in [0.1, 0.15) is 39.0 Å². The van der Waals surface area contributed by atoms with Gasteiger partial charge in [-0.1, -0.05) is 32.6 Å². The van der Waals surface area contributed by atoms with Crippen LogP contribution in [0.4, 0.5) is 0 Å². The largest absolute Gasteiger partial charge is 0.582 e. The number of hydrogen-bond acceptors (Lipinski definition) is 3. The number of aliphatic hydroxyl groups excluding tert-OH is 1. The van der Waals surface area contributed by atoms with Crippen LogP contribution >= 0.6 is 34.0 Å². The molecule has 0 fully saturated rings. The van der Waals surface area contributed by atoms with E-state index >= 15 is 0 Å². The summed E-state index contributed by atoms with van der Waals surface area (Å²) >= 11 is 3.86. The van der Waals surface area contributed by atoms with Crippen LogP contribution < -0.4 is 0 Å². The van der Waals surface area contributed by atoms with E-state index in [4.69, 9.17) is 9.66 Å².